The zero-order chi connectivity index (χ0) is 18.8. The molecule has 144 valence electrons. The number of aryl methyl sites for hydroxylation is 1. The van der Waals surface area contributed by atoms with E-state index in [1.54, 1.807) is 24.3 Å². The molecule has 0 aliphatic heterocycles. The molecule has 4 heteroatoms. The van der Waals surface area contributed by atoms with E-state index >= 15 is 0 Å². The van der Waals surface area contributed by atoms with E-state index in [0.717, 1.165) is 24.8 Å². The molecule has 0 atom stereocenters. The molecule has 0 heterocycles. The molecule has 1 rings (SSSR count). The Morgan fingerprint density at radius 3 is 1.84 bits per heavy atom. The van der Waals surface area contributed by atoms with E-state index in [4.69, 9.17) is 4.18 Å². The van der Waals surface area contributed by atoms with Crippen LogP contribution in [0.5, 0.6) is 0 Å². The third kappa shape index (κ3) is 9.41. The lowest BCUT2D eigenvalue weighted by Gasteiger charge is -2.24. The average molecular weight is 369 g/mol. The second kappa shape index (κ2) is 11.0. The molecule has 0 unspecified atom stereocenters. The summed E-state index contributed by atoms with van der Waals surface area (Å²) in [6, 6.07) is 6.81. The summed E-state index contributed by atoms with van der Waals surface area (Å²) in [5, 5.41) is 0. The lowest BCUT2D eigenvalue weighted by atomic mass is 9.99. The van der Waals surface area contributed by atoms with Gasteiger partial charge in [0.25, 0.3) is 10.1 Å². The van der Waals surface area contributed by atoms with Crippen molar-refractivity contribution < 1.29 is 12.6 Å². The molecule has 0 saturated heterocycles. The third-order valence-corrected chi connectivity index (χ3v) is 6.05. The fraction of sp³-hybridized carbons (Fsp3) is 0.714. The average Bonchev–Trinajstić information content (AvgIpc) is 2.52. The van der Waals surface area contributed by atoms with Crippen LogP contribution < -0.4 is 0 Å². The quantitative estimate of drug-likeness (QED) is 0.299. The Balaban J connectivity index is 2.29. The summed E-state index contributed by atoms with van der Waals surface area (Å²) in [5.41, 5.74) is 0.373. The molecule has 0 aromatic heterocycles. The second-order valence-electron chi connectivity index (χ2n) is 7.69. The van der Waals surface area contributed by atoms with Gasteiger partial charge in [-0.15, -0.1) is 0 Å². The predicted octanol–water partition coefficient (Wildman–Crippen LogP) is 6.40. The van der Waals surface area contributed by atoms with Gasteiger partial charge in [0.15, 0.2) is 0 Å². The van der Waals surface area contributed by atoms with Crippen molar-refractivity contribution in [2.45, 2.75) is 102 Å². The molecule has 0 amide bonds. The molecule has 0 aliphatic rings. The van der Waals surface area contributed by atoms with Crippen molar-refractivity contribution in [1.82, 2.24) is 0 Å². The van der Waals surface area contributed by atoms with E-state index in [1.807, 2.05) is 20.8 Å². The zero-order valence-corrected chi connectivity index (χ0v) is 17.3. The van der Waals surface area contributed by atoms with Gasteiger partial charge in [-0.3, -0.25) is 4.18 Å². The van der Waals surface area contributed by atoms with Crippen LogP contribution in [0.3, 0.4) is 0 Å². The van der Waals surface area contributed by atoms with Crippen LogP contribution in [0.4, 0.5) is 0 Å². The van der Waals surface area contributed by atoms with Gasteiger partial charge >= 0.3 is 0 Å². The molecule has 0 fully saturated rings. The summed E-state index contributed by atoms with van der Waals surface area (Å²) in [6.45, 7) is 7.90. The Morgan fingerprint density at radius 1 is 0.840 bits per heavy atom. The molecule has 0 radical (unpaired) electrons. The minimum absolute atomic E-state index is 0.234. The maximum atomic E-state index is 12.4. The molecule has 0 spiro atoms. The maximum Gasteiger partial charge on any atom is 0.297 e. The highest BCUT2D eigenvalue weighted by molar-refractivity contribution is 7.86. The largest absolute Gasteiger partial charge is 0.297 e. The molecule has 1 aromatic carbocycles. The normalized spacial score (nSPS) is 12.5. The van der Waals surface area contributed by atoms with Gasteiger partial charge in [0.1, 0.15) is 0 Å². The van der Waals surface area contributed by atoms with Gasteiger partial charge in [0.05, 0.1) is 10.5 Å². The van der Waals surface area contributed by atoms with Crippen molar-refractivity contribution in [3.05, 3.63) is 29.8 Å². The van der Waals surface area contributed by atoms with Gasteiger partial charge in [-0.2, -0.15) is 8.42 Å². The SMILES string of the molecule is CCCCCCCCCCCC(C)(C)OS(=O)(=O)c1ccc(C)cc1. The van der Waals surface area contributed by atoms with Crippen LogP contribution >= 0.6 is 0 Å². The first kappa shape index (κ1) is 22.2. The van der Waals surface area contributed by atoms with E-state index in [-0.39, 0.29) is 4.90 Å². The molecule has 0 saturated carbocycles. The van der Waals surface area contributed by atoms with E-state index in [0.29, 0.717) is 0 Å². The number of rotatable bonds is 13. The smallest absolute Gasteiger partial charge is 0.260 e. The van der Waals surface area contributed by atoms with Crippen molar-refractivity contribution >= 4 is 10.1 Å². The lowest BCUT2D eigenvalue weighted by molar-refractivity contribution is 0.104. The van der Waals surface area contributed by atoms with Crippen molar-refractivity contribution in [1.29, 1.82) is 0 Å². The molecule has 0 bridgehead atoms. The van der Waals surface area contributed by atoms with Gasteiger partial charge in [-0.1, -0.05) is 82.4 Å². The Bertz CT molecular complexity index is 574. The third-order valence-electron chi connectivity index (χ3n) is 4.53. The summed E-state index contributed by atoms with van der Waals surface area (Å²) >= 11 is 0. The van der Waals surface area contributed by atoms with E-state index in [9.17, 15) is 8.42 Å². The highest BCUT2D eigenvalue weighted by atomic mass is 32.2. The van der Waals surface area contributed by atoms with Crippen molar-refractivity contribution in [3.63, 3.8) is 0 Å². The number of benzene rings is 1. The Kier molecular flexibility index (Phi) is 9.73. The maximum absolute atomic E-state index is 12.4. The Morgan fingerprint density at radius 2 is 1.32 bits per heavy atom. The molecular formula is C21H36O3S. The van der Waals surface area contributed by atoms with Crippen molar-refractivity contribution in [2.75, 3.05) is 0 Å². The van der Waals surface area contributed by atoms with E-state index in [1.165, 1.54) is 44.9 Å². The first-order chi connectivity index (χ1) is 11.8. The number of unbranched alkanes of at least 4 members (excludes halogenated alkanes) is 8. The monoisotopic (exact) mass is 368 g/mol. The van der Waals surface area contributed by atoms with Crippen LogP contribution in [-0.2, 0) is 14.3 Å². The lowest BCUT2D eigenvalue weighted by Crippen LogP contribution is -2.28. The first-order valence-electron chi connectivity index (χ1n) is 9.79. The van der Waals surface area contributed by atoms with Gasteiger partial charge in [0.2, 0.25) is 0 Å². The number of hydrogen-bond acceptors (Lipinski definition) is 3. The van der Waals surface area contributed by atoms with Crippen LogP contribution in [0, 0.1) is 6.92 Å². The zero-order valence-electron chi connectivity index (χ0n) is 16.5. The minimum atomic E-state index is -3.69. The van der Waals surface area contributed by atoms with Gasteiger partial charge in [-0.05, 0) is 39.3 Å². The summed E-state index contributed by atoms with van der Waals surface area (Å²) in [5.74, 6) is 0. The fourth-order valence-electron chi connectivity index (χ4n) is 2.95. The fourth-order valence-corrected chi connectivity index (χ4v) is 4.20. The first-order valence-corrected chi connectivity index (χ1v) is 11.2. The van der Waals surface area contributed by atoms with Gasteiger partial charge < -0.3 is 0 Å². The van der Waals surface area contributed by atoms with Crippen LogP contribution in [0.2, 0.25) is 0 Å². The summed E-state index contributed by atoms with van der Waals surface area (Å²) in [7, 11) is -3.69. The number of hydrogen-bond donors (Lipinski definition) is 0. The topological polar surface area (TPSA) is 43.4 Å². The van der Waals surface area contributed by atoms with Crippen LogP contribution in [-0.4, -0.2) is 14.0 Å². The minimum Gasteiger partial charge on any atom is -0.260 e. The van der Waals surface area contributed by atoms with E-state index < -0.39 is 15.7 Å². The summed E-state index contributed by atoms with van der Waals surface area (Å²) in [4.78, 5) is 0.234. The van der Waals surface area contributed by atoms with E-state index in [2.05, 4.69) is 6.92 Å². The second-order valence-corrected chi connectivity index (χ2v) is 9.23. The Labute approximate surface area is 155 Å². The standard InChI is InChI=1S/C21H36O3S/c1-5-6-7-8-9-10-11-12-13-18-21(3,4)24-25(22,23)20-16-14-19(2)15-17-20/h14-17H,5-13,18H2,1-4H3. The predicted molar refractivity (Wildman–Crippen MR) is 105 cm³/mol. The van der Waals surface area contributed by atoms with Crippen LogP contribution in [0.15, 0.2) is 29.2 Å². The highest BCUT2D eigenvalue weighted by Crippen LogP contribution is 2.25. The van der Waals surface area contributed by atoms with Crippen LogP contribution in [0.25, 0.3) is 0 Å². The summed E-state index contributed by atoms with van der Waals surface area (Å²) < 4.78 is 30.3. The Hall–Kier alpha value is -0.870. The molecule has 3 nitrogen and oxygen atoms in total. The summed E-state index contributed by atoms with van der Waals surface area (Å²) in [6.07, 6.45) is 12.1. The highest BCUT2D eigenvalue weighted by Gasteiger charge is 2.27. The molecule has 0 N–H and O–H groups in total. The van der Waals surface area contributed by atoms with Crippen molar-refractivity contribution in [2.24, 2.45) is 0 Å². The van der Waals surface area contributed by atoms with Crippen LogP contribution in [0.1, 0.15) is 90.5 Å². The van der Waals surface area contributed by atoms with Gasteiger partial charge in [0, 0.05) is 0 Å². The van der Waals surface area contributed by atoms with Crippen molar-refractivity contribution in [3.8, 4) is 0 Å². The molecule has 0 aliphatic carbocycles. The molecule has 1 aromatic rings. The molecular weight excluding hydrogens is 332 g/mol. The van der Waals surface area contributed by atoms with Gasteiger partial charge in [-0.25, -0.2) is 0 Å². The molecule has 25 heavy (non-hydrogen) atoms.